The fourth-order valence-corrected chi connectivity index (χ4v) is 3.25. The van der Waals surface area contributed by atoms with Crippen molar-refractivity contribution in [3.63, 3.8) is 0 Å². The molecule has 0 unspecified atom stereocenters. The second kappa shape index (κ2) is 7.40. The van der Waals surface area contributed by atoms with Crippen LogP contribution in [0.3, 0.4) is 0 Å². The molecular formula is C20H18F2N4O2. The van der Waals surface area contributed by atoms with E-state index in [1.807, 2.05) is 18.2 Å². The van der Waals surface area contributed by atoms with Crippen molar-refractivity contribution in [2.45, 2.75) is 0 Å². The summed E-state index contributed by atoms with van der Waals surface area (Å²) in [5, 5.41) is 3.51. The maximum absolute atomic E-state index is 14.2. The topological polar surface area (TPSA) is 80.5 Å². The van der Waals surface area contributed by atoms with Gasteiger partial charge in [0.1, 0.15) is 11.6 Å². The summed E-state index contributed by atoms with van der Waals surface area (Å²) in [6, 6.07) is 8.83. The molecule has 0 radical (unpaired) electrons. The zero-order valence-electron chi connectivity index (χ0n) is 14.9. The number of halogens is 2. The number of aromatic nitrogens is 1. The Labute approximate surface area is 159 Å². The number of rotatable bonds is 4. The van der Waals surface area contributed by atoms with Crippen LogP contribution >= 0.6 is 0 Å². The lowest BCUT2D eigenvalue weighted by Crippen LogP contribution is -2.36. The summed E-state index contributed by atoms with van der Waals surface area (Å²) in [6.45, 7) is 2.74. The number of hydrogen-bond donors (Lipinski definition) is 2. The molecule has 28 heavy (non-hydrogen) atoms. The molecule has 8 heteroatoms. The van der Waals surface area contributed by atoms with Gasteiger partial charge in [-0.3, -0.25) is 9.78 Å². The zero-order chi connectivity index (χ0) is 19.7. The lowest BCUT2D eigenvalue weighted by atomic mass is 10.1. The van der Waals surface area contributed by atoms with Crippen LogP contribution in [0.15, 0.2) is 42.6 Å². The Morgan fingerprint density at radius 1 is 1.14 bits per heavy atom. The number of benzene rings is 2. The largest absolute Gasteiger partial charge is 0.378 e. The van der Waals surface area contributed by atoms with Crippen LogP contribution in [0.1, 0.15) is 10.4 Å². The third-order valence-electron chi connectivity index (χ3n) is 4.68. The van der Waals surface area contributed by atoms with E-state index in [1.54, 1.807) is 0 Å². The minimum Gasteiger partial charge on any atom is -0.378 e. The second-order valence-corrected chi connectivity index (χ2v) is 6.46. The monoisotopic (exact) mass is 384 g/mol. The Balaban J connectivity index is 1.84. The third-order valence-corrected chi connectivity index (χ3v) is 4.68. The van der Waals surface area contributed by atoms with Crippen molar-refractivity contribution in [1.82, 2.24) is 4.98 Å². The number of carbonyl (C=O) groups is 1. The molecule has 1 fully saturated rings. The second-order valence-electron chi connectivity index (χ2n) is 6.46. The predicted molar refractivity (Wildman–Crippen MR) is 103 cm³/mol. The lowest BCUT2D eigenvalue weighted by Gasteiger charge is -2.29. The van der Waals surface area contributed by atoms with Crippen LogP contribution in [0, 0.1) is 11.6 Å². The summed E-state index contributed by atoms with van der Waals surface area (Å²) < 4.78 is 32.8. The number of primary amides is 1. The van der Waals surface area contributed by atoms with E-state index in [-0.39, 0.29) is 11.3 Å². The Hall–Kier alpha value is -3.26. The summed E-state index contributed by atoms with van der Waals surface area (Å²) in [7, 11) is 0. The molecule has 0 saturated carbocycles. The molecule has 0 spiro atoms. The van der Waals surface area contributed by atoms with E-state index in [9.17, 15) is 13.6 Å². The van der Waals surface area contributed by atoms with Gasteiger partial charge in [0.15, 0.2) is 0 Å². The van der Waals surface area contributed by atoms with Crippen molar-refractivity contribution in [2.75, 3.05) is 36.5 Å². The molecule has 1 aromatic heterocycles. The first-order valence-electron chi connectivity index (χ1n) is 8.80. The molecule has 1 amide bonds. The molecule has 3 N–H and O–H groups in total. The highest BCUT2D eigenvalue weighted by Crippen LogP contribution is 2.33. The first-order valence-corrected chi connectivity index (χ1v) is 8.80. The van der Waals surface area contributed by atoms with E-state index in [0.717, 1.165) is 30.9 Å². The maximum atomic E-state index is 14.2. The summed E-state index contributed by atoms with van der Waals surface area (Å²) in [6.07, 6.45) is 1.35. The summed E-state index contributed by atoms with van der Waals surface area (Å²) in [5.41, 5.74) is 7.54. The molecular weight excluding hydrogens is 366 g/mol. The number of hydrogen-bond acceptors (Lipinski definition) is 5. The average Bonchev–Trinajstić information content (AvgIpc) is 2.70. The highest BCUT2D eigenvalue weighted by atomic mass is 19.1. The van der Waals surface area contributed by atoms with Crippen LogP contribution in [0.25, 0.3) is 10.9 Å². The fourth-order valence-electron chi connectivity index (χ4n) is 3.25. The first-order chi connectivity index (χ1) is 13.5. The van der Waals surface area contributed by atoms with E-state index >= 15 is 0 Å². The van der Waals surface area contributed by atoms with Gasteiger partial charge in [-0.05, 0) is 30.3 Å². The molecule has 0 bridgehead atoms. The van der Waals surface area contributed by atoms with Gasteiger partial charge in [-0.25, -0.2) is 8.78 Å². The van der Waals surface area contributed by atoms with Gasteiger partial charge in [0.2, 0.25) is 0 Å². The van der Waals surface area contributed by atoms with Crippen molar-refractivity contribution < 1.29 is 18.3 Å². The Morgan fingerprint density at radius 2 is 1.93 bits per heavy atom. The molecule has 3 aromatic rings. The van der Waals surface area contributed by atoms with E-state index in [1.165, 1.54) is 12.3 Å². The quantitative estimate of drug-likeness (QED) is 0.722. The Kier molecular flexibility index (Phi) is 4.79. The summed E-state index contributed by atoms with van der Waals surface area (Å²) in [4.78, 5) is 18.4. The number of nitrogens with zero attached hydrogens (tertiary/aromatic N) is 2. The number of pyridine rings is 1. The van der Waals surface area contributed by atoms with Gasteiger partial charge in [0.25, 0.3) is 5.91 Å². The molecule has 2 aromatic carbocycles. The lowest BCUT2D eigenvalue weighted by molar-refractivity contribution is 0.100. The van der Waals surface area contributed by atoms with Gasteiger partial charge in [-0.15, -0.1) is 0 Å². The van der Waals surface area contributed by atoms with Crippen LogP contribution in [0.5, 0.6) is 0 Å². The fraction of sp³-hybridized carbons (Fsp3) is 0.200. The van der Waals surface area contributed by atoms with Gasteiger partial charge in [-0.1, -0.05) is 0 Å². The number of fused-ring (bicyclic) bond motifs is 1. The smallest absolute Gasteiger partial charge is 0.252 e. The Morgan fingerprint density at radius 3 is 2.64 bits per heavy atom. The van der Waals surface area contributed by atoms with Gasteiger partial charge in [0.05, 0.1) is 35.7 Å². The molecule has 0 aliphatic carbocycles. The number of nitrogens with two attached hydrogens (primary N) is 1. The van der Waals surface area contributed by atoms with Gasteiger partial charge < -0.3 is 20.7 Å². The van der Waals surface area contributed by atoms with Crippen molar-refractivity contribution in [3.05, 3.63) is 59.8 Å². The zero-order valence-corrected chi connectivity index (χ0v) is 14.9. The highest BCUT2D eigenvalue weighted by Gasteiger charge is 2.18. The average molecular weight is 384 g/mol. The van der Waals surface area contributed by atoms with E-state index in [2.05, 4.69) is 15.2 Å². The number of carbonyl (C=O) groups excluding carboxylic acids is 1. The van der Waals surface area contributed by atoms with Crippen molar-refractivity contribution in [2.24, 2.45) is 5.73 Å². The Bertz CT molecular complexity index is 1050. The van der Waals surface area contributed by atoms with Gasteiger partial charge in [-0.2, -0.15) is 0 Å². The number of anilines is 3. The van der Waals surface area contributed by atoms with Gasteiger partial charge >= 0.3 is 0 Å². The van der Waals surface area contributed by atoms with E-state index in [0.29, 0.717) is 29.8 Å². The van der Waals surface area contributed by atoms with Crippen LogP contribution in [0.4, 0.5) is 25.8 Å². The van der Waals surface area contributed by atoms with Crippen molar-refractivity contribution in [1.29, 1.82) is 0 Å². The number of ether oxygens (including phenoxy) is 1. The molecule has 2 heterocycles. The summed E-state index contributed by atoms with van der Waals surface area (Å²) in [5.74, 6) is -2.16. The molecule has 0 atom stereocenters. The van der Waals surface area contributed by atoms with Crippen molar-refractivity contribution >= 4 is 33.9 Å². The number of nitrogens with one attached hydrogen (secondary N) is 1. The normalized spacial score (nSPS) is 14.3. The number of amides is 1. The molecule has 1 aliphatic heterocycles. The number of morpholine rings is 1. The third kappa shape index (κ3) is 3.46. The minimum absolute atomic E-state index is 0.0353. The molecule has 1 aliphatic rings. The van der Waals surface area contributed by atoms with Crippen LogP contribution in [-0.4, -0.2) is 37.2 Å². The first kappa shape index (κ1) is 18.1. The van der Waals surface area contributed by atoms with Crippen LogP contribution in [-0.2, 0) is 4.74 Å². The molecule has 4 rings (SSSR count). The van der Waals surface area contributed by atoms with E-state index < -0.39 is 17.5 Å². The van der Waals surface area contributed by atoms with Gasteiger partial charge in [0, 0.05) is 36.4 Å². The van der Waals surface area contributed by atoms with Crippen LogP contribution in [0.2, 0.25) is 0 Å². The summed E-state index contributed by atoms with van der Waals surface area (Å²) >= 11 is 0. The maximum Gasteiger partial charge on any atom is 0.252 e. The minimum atomic E-state index is -0.773. The highest BCUT2D eigenvalue weighted by molar-refractivity contribution is 6.08. The molecule has 1 saturated heterocycles. The SMILES string of the molecule is NC(=O)c1cnc2ccc(N3CCOCC3)cc2c1Nc1ccc(F)cc1F. The van der Waals surface area contributed by atoms with E-state index in [4.69, 9.17) is 10.5 Å². The van der Waals surface area contributed by atoms with Crippen molar-refractivity contribution in [3.8, 4) is 0 Å². The standard InChI is InChI=1S/C20H18F2N4O2/c21-12-1-3-18(16(22)9-12)25-19-14-10-13(26-5-7-28-8-6-26)2-4-17(14)24-11-15(19)20(23)27/h1-4,9-11H,5-8H2,(H2,23,27)(H,24,25). The molecule has 6 nitrogen and oxygen atoms in total. The molecule has 144 valence electrons. The predicted octanol–water partition coefficient (Wildman–Crippen LogP) is 3.19. The van der Waals surface area contributed by atoms with Crippen LogP contribution < -0.4 is 16.0 Å².